The predicted octanol–water partition coefficient (Wildman–Crippen LogP) is 2.63. The number of methoxy groups -OCH3 is 1. The van der Waals surface area contributed by atoms with E-state index in [0.717, 1.165) is 19.3 Å². The fraction of sp³-hybridized carbons (Fsp3) is 0.588. The summed E-state index contributed by atoms with van der Waals surface area (Å²) in [6, 6.07) is 4.77. The van der Waals surface area contributed by atoms with Crippen LogP contribution in [0.5, 0.6) is 11.5 Å². The van der Waals surface area contributed by atoms with Crippen molar-refractivity contribution >= 4 is 5.91 Å². The van der Waals surface area contributed by atoms with Crippen molar-refractivity contribution in [2.24, 2.45) is 17.6 Å². The molecule has 0 bridgehead atoms. The van der Waals surface area contributed by atoms with Crippen molar-refractivity contribution in [3.63, 3.8) is 0 Å². The zero-order valence-corrected chi connectivity index (χ0v) is 14.0. The Balaban J connectivity index is 2.08. The van der Waals surface area contributed by atoms with Gasteiger partial charge in [-0.2, -0.15) is 8.78 Å². The van der Waals surface area contributed by atoms with E-state index >= 15 is 0 Å². The van der Waals surface area contributed by atoms with Gasteiger partial charge in [0.15, 0.2) is 11.5 Å². The molecule has 24 heavy (non-hydrogen) atoms. The second kappa shape index (κ2) is 8.28. The molecule has 2 atom stereocenters. The van der Waals surface area contributed by atoms with Crippen LogP contribution in [-0.4, -0.2) is 38.1 Å². The molecule has 1 aliphatic carbocycles. The summed E-state index contributed by atoms with van der Waals surface area (Å²) >= 11 is 0. The van der Waals surface area contributed by atoms with Crippen LogP contribution in [0.4, 0.5) is 8.78 Å². The molecule has 1 fully saturated rings. The molecule has 7 heteroatoms. The van der Waals surface area contributed by atoms with Gasteiger partial charge in [-0.3, -0.25) is 4.79 Å². The maximum absolute atomic E-state index is 12.6. The number of ether oxygens (including phenoxy) is 2. The molecule has 1 aromatic carbocycles. The zero-order chi connectivity index (χ0) is 17.7. The average molecular weight is 342 g/mol. The number of carbonyl (C=O) groups excluding carboxylic acids is 1. The van der Waals surface area contributed by atoms with Crippen LogP contribution in [0.1, 0.15) is 24.8 Å². The van der Waals surface area contributed by atoms with Crippen LogP contribution in [-0.2, 0) is 11.3 Å². The Morgan fingerprint density at radius 2 is 2.12 bits per heavy atom. The Kier molecular flexibility index (Phi) is 6.36. The number of rotatable bonds is 7. The van der Waals surface area contributed by atoms with Crippen molar-refractivity contribution < 1.29 is 23.0 Å². The highest BCUT2D eigenvalue weighted by Gasteiger charge is 2.33. The number of hydrogen-bond donors (Lipinski definition) is 1. The number of hydrogen-bond acceptors (Lipinski definition) is 4. The van der Waals surface area contributed by atoms with Crippen LogP contribution in [0.2, 0.25) is 0 Å². The lowest BCUT2D eigenvalue weighted by atomic mass is 9.95. The normalized spacial score (nSPS) is 20.2. The zero-order valence-electron chi connectivity index (χ0n) is 14.0. The van der Waals surface area contributed by atoms with Crippen LogP contribution in [0.3, 0.4) is 0 Å². The number of nitrogens with two attached hydrogens (primary N) is 1. The number of alkyl halides is 2. The fourth-order valence-corrected chi connectivity index (χ4v) is 3.29. The summed E-state index contributed by atoms with van der Waals surface area (Å²) in [5.74, 6) is 0.428. The Hall–Kier alpha value is -1.89. The topological polar surface area (TPSA) is 64.8 Å². The average Bonchev–Trinajstić information content (AvgIpc) is 3.02. The molecule has 134 valence electrons. The van der Waals surface area contributed by atoms with Crippen LogP contribution < -0.4 is 15.2 Å². The quantitative estimate of drug-likeness (QED) is 0.827. The van der Waals surface area contributed by atoms with Crippen LogP contribution >= 0.6 is 0 Å². The summed E-state index contributed by atoms with van der Waals surface area (Å²) < 4.78 is 34.5. The summed E-state index contributed by atoms with van der Waals surface area (Å²) in [4.78, 5) is 14.2. The van der Waals surface area contributed by atoms with Gasteiger partial charge in [0.2, 0.25) is 5.91 Å². The lowest BCUT2D eigenvalue weighted by Crippen LogP contribution is -2.36. The molecule has 1 saturated carbocycles. The molecule has 0 spiro atoms. The van der Waals surface area contributed by atoms with E-state index in [-0.39, 0.29) is 29.2 Å². The maximum Gasteiger partial charge on any atom is 0.387 e. The van der Waals surface area contributed by atoms with Gasteiger partial charge >= 0.3 is 6.61 Å². The largest absolute Gasteiger partial charge is 0.493 e. The van der Waals surface area contributed by atoms with Crippen molar-refractivity contribution in [1.82, 2.24) is 4.90 Å². The maximum atomic E-state index is 12.6. The molecule has 1 amide bonds. The molecule has 2 N–H and O–H groups in total. The third-order valence-electron chi connectivity index (χ3n) is 4.52. The minimum Gasteiger partial charge on any atom is -0.493 e. The highest BCUT2D eigenvalue weighted by molar-refractivity contribution is 5.79. The van der Waals surface area contributed by atoms with Gasteiger partial charge in [-0.1, -0.05) is 12.5 Å². The SMILES string of the molecule is COc1ccc(CN(C)C(=O)[C@@H]2CCC[C@@H]2CN)cc1OC(F)F. The van der Waals surface area contributed by atoms with E-state index < -0.39 is 6.61 Å². The minimum absolute atomic E-state index is 0.0356. The van der Waals surface area contributed by atoms with Gasteiger partial charge in [-0.05, 0) is 43.0 Å². The summed E-state index contributed by atoms with van der Waals surface area (Å²) in [6.45, 7) is -2.10. The standard InChI is InChI=1S/C17H24F2N2O3/c1-21(16(22)13-5-3-4-12(13)9-20)10-11-6-7-14(23-2)15(8-11)24-17(18)19/h6-8,12-13,17H,3-5,9-10,20H2,1-2H3/t12-,13-/m1/s1. The van der Waals surface area contributed by atoms with Gasteiger partial charge in [0.05, 0.1) is 7.11 Å². The van der Waals surface area contributed by atoms with Gasteiger partial charge in [0, 0.05) is 19.5 Å². The number of amides is 1. The first-order valence-electron chi connectivity index (χ1n) is 8.03. The van der Waals surface area contributed by atoms with Crippen LogP contribution in [0.25, 0.3) is 0 Å². The van der Waals surface area contributed by atoms with Crippen molar-refractivity contribution in [2.75, 3.05) is 20.7 Å². The third-order valence-corrected chi connectivity index (χ3v) is 4.52. The number of nitrogens with zero attached hydrogens (tertiary/aromatic N) is 1. The fourth-order valence-electron chi connectivity index (χ4n) is 3.29. The first-order chi connectivity index (χ1) is 11.5. The molecule has 1 aliphatic rings. The van der Waals surface area contributed by atoms with E-state index in [9.17, 15) is 13.6 Å². The molecule has 0 saturated heterocycles. The highest BCUT2D eigenvalue weighted by atomic mass is 19.3. The molecule has 5 nitrogen and oxygen atoms in total. The summed E-state index contributed by atoms with van der Waals surface area (Å²) in [5.41, 5.74) is 6.44. The van der Waals surface area contributed by atoms with Gasteiger partial charge in [0.25, 0.3) is 0 Å². The monoisotopic (exact) mass is 342 g/mol. The smallest absolute Gasteiger partial charge is 0.387 e. The third kappa shape index (κ3) is 4.35. The van der Waals surface area contributed by atoms with Crippen molar-refractivity contribution in [1.29, 1.82) is 0 Å². The molecular weight excluding hydrogens is 318 g/mol. The van der Waals surface area contributed by atoms with E-state index in [0.29, 0.717) is 18.7 Å². The second-order valence-corrected chi connectivity index (χ2v) is 6.09. The molecule has 0 unspecified atom stereocenters. The number of carbonyl (C=O) groups is 1. The van der Waals surface area contributed by atoms with E-state index in [1.165, 1.54) is 13.2 Å². The number of benzene rings is 1. The lowest BCUT2D eigenvalue weighted by molar-refractivity contribution is -0.135. The molecule has 0 aliphatic heterocycles. The van der Waals surface area contributed by atoms with E-state index in [2.05, 4.69) is 4.74 Å². The molecular formula is C17H24F2N2O3. The molecule has 0 aromatic heterocycles. The lowest BCUT2D eigenvalue weighted by Gasteiger charge is -2.25. The minimum atomic E-state index is -2.93. The van der Waals surface area contributed by atoms with E-state index in [1.54, 1.807) is 24.1 Å². The Bertz CT molecular complexity index is 569. The second-order valence-electron chi connectivity index (χ2n) is 6.09. The van der Waals surface area contributed by atoms with Gasteiger partial charge in [-0.25, -0.2) is 0 Å². The Morgan fingerprint density at radius 1 is 1.38 bits per heavy atom. The summed E-state index contributed by atoms with van der Waals surface area (Å²) in [7, 11) is 3.10. The molecule has 1 aromatic rings. The Morgan fingerprint density at radius 3 is 2.75 bits per heavy atom. The van der Waals surface area contributed by atoms with Gasteiger partial charge < -0.3 is 20.1 Å². The van der Waals surface area contributed by atoms with Crippen molar-refractivity contribution in [3.8, 4) is 11.5 Å². The highest BCUT2D eigenvalue weighted by Crippen LogP contribution is 2.33. The summed E-state index contributed by atoms with van der Waals surface area (Å²) in [5, 5.41) is 0. The Labute approximate surface area is 140 Å². The molecule has 0 heterocycles. The van der Waals surface area contributed by atoms with E-state index in [1.807, 2.05) is 0 Å². The van der Waals surface area contributed by atoms with Gasteiger partial charge in [-0.15, -0.1) is 0 Å². The van der Waals surface area contributed by atoms with Crippen LogP contribution in [0, 0.1) is 11.8 Å². The van der Waals surface area contributed by atoms with Crippen LogP contribution in [0.15, 0.2) is 18.2 Å². The summed E-state index contributed by atoms with van der Waals surface area (Å²) in [6.07, 6.45) is 2.85. The first kappa shape index (κ1) is 18.4. The van der Waals surface area contributed by atoms with E-state index in [4.69, 9.17) is 10.5 Å². The number of halogens is 2. The first-order valence-corrected chi connectivity index (χ1v) is 8.03. The van der Waals surface area contributed by atoms with Gasteiger partial charge in [0.1, 0.15) is 0 Å². The van der Waals surface area contributed by atoms with Crippen molar-refractivity contribution in [3.05, 3.63) is 23.8 Å². The van der Waals surface area contributed by atoms with Crippen molar-refractivity contribution in [2.45, 2.75) is 32.4 Å². The molecule has 2 rings (SSSR count). The predicted molar refractivity (Wildman–Crippen MR) is 86.0 cm³/mol. The molecule has 0 radical (unpaired) electrons.